The fourth-order valence-corrected chi connectivity index (χ4v) is 1.74. The highest BCUT2D eigenvalue weighted by molar-refractivity contribution is 6.74. The molecule has 19 heavy (non-hydrogen) atoms. The molecule has 100 valence electrons. The first-order valence-corrected chi connectivity index (χ1v) is 5.79. The fourth-order valence-electron chi connectivity index (χ4n) is 1.74. The minimum Gasteiger partial charge on any atom is -0.492 e. The molecule has 1 heterocycles. The zero-order chi connectivity index (χ0) is 13.9. The molecule has 2 rings (SSSR count). The van der Waals surface area contributed by atoms with Gasteiger partial charge in [-0.05, 0) is 24.6 Å². The minimum atomic E-state index is -5.07. The van der Waals surface area contributed by atoms with E-state index in [1.807, 2.05) is 13.0 Å². The van der Waals surface area contributed by atoms with Crippen LogP contribution in [0.1, 0.15) is 11.1 Å². The summed E-state index contributed by atoms with van der Waals surface area (Å²) in [4.78, 5) is 3.97. The fraction of sp³-hybridized carbons (Fsp3) is 0.154. The lowest BCUT2D eigenvalue weighted by molar-refractivity contribution is 0.306. The Balaban J connectivity index is 2.16. The first kappa shape index (κ1) is 13.5. The van der Waals surface area contributed by atoms with Gasteiger partial charge in [-0.3, -0.25) is 4.98 Å². The van der Waals surface area contributed by atoms with Gasteiger partial charge in [0.2, 0.25) is 0 Å². The van der Waals surface area contributed by atoms with Gasteiger partial charge in [0.25, 0.3) is 0 Å². The monoisotopic (exact) mass is 266 g/mol. The molecule has 0 aliphatic heterocycles. The maximum atomic E-state index is 12.8. The van der Waals surface area contributed by atoms with Crippen LogP contribution in [0.15, 0.2) is 42.7 Å². The molecular formula is C13H12BF3NO-. The summed E-state index contributed by atoms with van der Waals surface area (Å²) in [5.74, 6) is -0.142. The number of benzene rings is 1. The maximum absolute atomic E-state index is 12.8. The van der Waals surface area contributed by atoms with E-state index in [-0.39, 0.29) is 12.4 Å². The molecule has 0 atom stereocenters. The number of aromatic nitrogens is 1. The van der Waals surface area contributed by atoms with Gasteiger partial charge < -0.3 is 17.7 Å². The third kappa shape index (κ3) is 3.50. The van der Waals surface area contributed by atoms with E-state index in [1.165, 1.54) is 18.2 Å². The Morgan fingerprint density at radius 1 is 1.16 bits per heavy atom. The normalized spacial score (nSPS) is 11.4. The Hall–Kier alpha value is -1.98. The molecule has 0 spiro atoms. The minimum absolute atomic E-state index is 0.0673. The molecule has 0 amide bonds. The van der Waals surface area contributed by atoms with Crippen molar-refractivity contribution in [3.63, 3.8) is 0 Å². The second-order valence-corrected chi connectivity index (χ2v) is 4.27. The van der Waals surface area contributed by atoms with Crippen molar-refractivity contribution < 1.29 is 17.7 Å². The molecule has 6 heteroatoms. The van der Waals surface area contributed by atoms with Gasteiger partial charge in [-0.15, -0.1) is 0 Å². The Morgan fingerprint density at radius 2 is 1.89 bits per heavy atom. The lowest BCUT2D eigenvalue weighted by Crippen LogP contribution is -2.35. The largest absolute Gasteiger partial charge is 0.513 e. The van der Waals surface area contributed by atoms with Crippen LogP contribution in [0.5, 0.6) is 5.75 Å². The second kappa shape index (κ2) is 5.34. The summed E-state index contributed by atoms with van der Waals surface area (Å²) in [5, 5.41) is 0. The zero-order valence-electron chi connectivity index (χ0n) is 10.3. The van der Waals surface area contributed by atoms with Crippen molar-refractivity contribution in [3.05, 3.63) is 53.9 Å². The number of halogens is 3. The summed E-state index contributed by atoms with van der Waals surface area (Å²) in [7, 11) is 0. The topological polar surface area (TPSA) is 22.1 Å². The van der Waals surface area contributed by atoms with Crippen LogP contribution in [0.4, 0.5) is 12.9 Å². The standard InChI is InChI=1S/C13H12BF3NO/c1-10-6-11(8-18-7-10)9-19-13-5-3-2-4-12(13)14(15,16)17/h2-8H,9H2,1H3/q-1. The van der Waals surface area contributed by atoms with Crippen LogP contribution in [0.25, 0.3) is 0 Å². The molecule has 0 radical (unpaired) electrons. The Labute approximate surface area is 109 Å². The number of ether oxygens (including phenoxy) is 1. The molecule has 0 unspecified atom stereocenters. The van der Waals surface area contributed by atoms with Gasteiger partial charge in [-0.2, -0.15) is 0 Å². The molecule has 0 saturated carbocycles. The van der Waals surface area contributed by atoms with E-state index in [0.717, 1.165) is 17.2 Å². The van der Waals surface area contributed by atoms with Crippen molar-refractivity contribution in [2.24, 2.45) is 0 Å². The Morgan fingerprint density at radius 3 is 2.58 bits per heavy atom. The molecule has 2 aromatic rings. The van der Waals surface area contributed by atoms with E-state index >= 15 is 0 Å². The quantitative estimate of drug-likeness (QED) is 0.793. The summed E-state index contributed by atoms with van der Waals surface area (Å²) in [6.07, 6.45) is 3.25. The van der Waals surface area contributed by atoms with Crippen LogP contribution >= 0.6 is 0 Å². The summed E-state index contributed by atoms with van der Waals surface area (Å²) in [6, 6.07) is 7.06. The van der Waals surface area contributed by atoms with Crippen molar-refractivity contribution in [1.82, 2.24) is 4.98 Å². The average Bonchev–Trinajstić information content (AvgIpc) is 2.36. The van der Waals surface area contributed by atoms with E-state index in [1.54, 1.807) is 12.4 Å². The van der Waals surface area contributed by atoms with Crippen molar-refractivity contribution >= 4 is 12.4 Å². The van der Waals surface area contributed by atoms with Crippen LogP contribution in [-0.4, -0.2) is 12.0 Å². The van der Waals surface area contributed by atoms with Gasteiger partial charge >= 0.3 is 6.98 Å². The Bertz CT molecular complexity index is 572. The van der Waals surface area contributed by atoms with Gasteiger partial charge in [0.1, 0.15) is 6.61 Å². The smallest absolute Gasteiger partial charge is 0.492 e. The molecular weight excluding hydrogens is 254 g/mol. The van der Waals surface area contributed by atoms with E-state index in [0.29, 0.717) is 0 Å². The average molecular weight is 266 g/mol. The lowest BCUT2D eigenvalue weighted by Gasteiger charge is -2.19. The van der Waals surface area contributed by atoms with Crippen LogP contribution in [0.2, 0.25) is 0 Å². The summed E-state index contributed by atoms with van der Waals surface area (Å²) in [6.45, 7) is -3.14. The van der Waals surface area contributed by atoms with E-state index in [9.17, 15) is 12.9 Å². The number of nitrogens with zero attached hydrogens (tertiary/aromatic N) is 1. The molecule has 0 bridgehead atoms. The van der Waals surface area contributed by atoms with Crippen molar-refractivity contribution in [1.29, 1.82) is 0 Å². The molecule has 0 aliphatic rings. The number of rotatable bonds is 4. The number of hydrogen-bond acceptors (Lipinski definition) is 2. The molecule has 0 aliphatic carbocycles. The summed E-state index contributed by atoms with van der Waals surface area (Å²) < 4.78 is 43.7. The predicted molar refractivity (Wildman–Crippen MR) is 68.5 cm³/mol. The van der Waals surface area contributed by atoms with Gasteiger partial charge in [0.15, 0.2) is 0 Å². The van der Waals surface area contributed by atoms with E-state index in [2.05, 4.69) is 4.98 Å². The highest BCUT2D eigenvalue weighted by Crippen LogP contribution is 2.18. The van der Waals surface area contributed by atoms with Crippen molar-refractivity contribution in [3.8, 4) is 5.75 Å². The van der Waals surface area contributed by atoms with E-state index < -0.39 is 12.4 Å². The lowest BCUT2D eigenvalue weighted by atomic mass is 9.79. The SMILES string of the molecule is Cc1cncc(COc2ccccc2[B-](F)(F)F)c1. The molecule has 0 fully saturated rings. The van der Waals surface area contributed by atoms with Crippen LogP contribution < -0.4 is 10.2 Å². The van der Waals surface area contributed by atoms with Gasteiger partial charge in [-0.25, -0.2) is 0 Å². The third-order valence-corrected chi connectivity index (χ3v) is 2.60. The predicted octanol–water partition coefficient (Wildman–Crippen LogP) is 3.02. The van der Waals surface area contributed by atoms with Crippen LogP contribution in [-0.2, 0) is 6.61 Å². The first-order chi connectivity index (χ1) is 8.97. The number of hydrogen-bond donors (Lipinski definition) is 0. The second-order valence-electron chi connectivity index (χ2n) is 4.27. The number of para-hydroxylation sites is 1. The van der Waals surface area contributed by atoms with Crippen LogP contribution in [0, 0.1) is 6.92 Å². The highest BCUT2D eigenvalue weighted by atomic mass is 19.4. The molecule has 1 aromatic heterocycles. The van der Waals surface area contributed by atoms with Crippen LogP contribution in [0.3, 0.4) is 0 Å². The van der Waals surface area contributed by atoms with Gasteiger partial charge in [0.05, 0.1) is 5.75 Å². The molecule has 1 aromatic carbocycles. The van der Waals surface area contributed by atoms with Crippen molar-refractivity contribution in [2.45, 2.75) is 13.5 Å². The number of pyridine rings is 1. The zero-order valence-corrected chi connectivity index (χ0v) is 10.3. The first-order valence-electron chi connectivity index (χ1n) is 5.79. The summed E-state index contributed by atoms with van der Waals surface area (Å²) >= 11 is 0. The van der Waals surface area contributed by atoms with Crippen molar-refractivity contribution in [2.75, 3.05) is 0 Å². The van der Waals surface area contributed by atoms with E-state index in [4.69, 9.17) is 4.74 Å². The number of aryl methyl sites for hydroxylation is 1. The third-order valence-electron chi connectivity index (χ3n) is 2.60. The molecule has 2 nitrogen and oxygen atoms in total. The maximum Gasteiger partial charge on any atom is 0.513 e. The molecule has 0 N–H and O–H groups in total. The molecule has 0 saturated heterocycles. The summed E-state index contributed by atoms with van der Waals surface area (Å²) in [5.41, 5.74) is 0.974. The van der Waals surface area contributed by atoms with Gasteiger partial charge in [0, 0.05) is 18.0 Å². The Kier molecular flexibility index (Phi) is 3.78. The highest BCUT2D eigenvalue weighted by Gasteiger charge is 2.28. The van der Waals surface area contributed by atoms with Gasteiger partial charge in [-0.1, -0.05) is 23.7 Å².